The third-order valence-electron chi connectivity index (χ3n) is 3.38. The number of benzene rings is 1. The minimum absolute atomic E-state index is 0.00755. The first-order valence-corrected chi connectivity index (χ1v) is 7.40. The van der Waals surface area contributed by atoms with Crippen molar-refractivity contribution in [1.82, 2.24) is 10.6 Å². The van der Waals surface area contributed by atoms with Gasteiger partial charge in [0.05, 0.1) is 6.54 Å². The fraction of sp³-hybridized carbons (Fsp3) is 0.500. The highest BCUT2D eigenvalue weighted by Gasteiger charge is 2.25. The van der Waals surface area contributed by atoms with Crippen LogP contribution in [0.25, 0.3) is 0 Å². The Morgan fingerprint density at radius 1 is 1.27 bits per heavy atom. The van der Waals surface area contributed by atoms with Gasteiger partial charge in [-0.3, -0.25) is 9.59 Å². The Kier molecular flexibility index (Phi) is 5.25. The summed E-state index contributed by atoms with van der Waals surface area (Å²) in [5.41, 5.74) is 0. The molecule has 2 amide bonds. The predicted octanol–water partition coefficient (Wildman–Crippen LogP) is 1.10. The van der Waals surface area contributed by atoms with Crippen LogP contribution in [-0.4, -0.2) is 37.1 Å². The Bertz CT molecular complexity index is 545. The number of carbonyl (C=O) groups is 2. The highest BCUT2D eigenvalue weighted by molar-refractivity contribution is 5.87. The van der Waals surface area contributed by atoms with Crippen molar-refractivity contribution in [2.75, 3.05) is 13.2 Å². The molecule has 0 aromatic heterocycles. The van der Waals surface area contributed by atoms with Gasteiger partial charge in [-0.25, -0.2) is 0 Å². The molecule has 1 heterocycles. The maximum absolute atomic E-state index is 12.2. The second-order valence-electron chi connectivity index (χ2n) is 5.66. The Morgan fingerprint density at radius 2 is 1.95 bits per heavy atom. The van der Waals surface area contributed by atoms with Gasteiger partial charge in [0.25, 0.3) is 0 Å². The van der Waals surface area contributed by atoms with Gasteiger partial charge in [-0.15, -0.1) is 0 Å². The van der Waals surface area contributed by atoms with Crippen molar-refractivity contribution in [2.45, 2.75) is 32.9 Å². The molecule has 2 N–H and O–H groups in total. The molecule has 6 nitrogen and oxygen atoms in total. The Labute approximate surface area is 130 Å². The summed E-state index contributed by atoms with van der Waals surface area (Å²) in [6.45, 7) is 5.88. The van der Waals surface area contributed by atoms with Crippen molar-refractivity contribution in [3.05, 3.63) is 24.3 Å². The van der Waals surface area contributed by atoms with E-state index in [1.807, 2.05) is 38.1 Å². The van der Waals surface area contributed by atoms with Gasteiger partial charge in [0, 0.05) is 6.92 Å². The molecule has 0 saturated heterocycles. The average molecular weight is 306 g/mol. The maximum atomic E-state index is 12.2. The van der Waals surface area contributed by atoms with E-state index >= 15 is 0 Å². The normalized spacial score (nSPS) is 17.7. The topological polar surface area (TPSA) is 76.7 Å². The molecule has 1 aromatic rings. The molecule has 2 rings (SSSR count). The monoisotopic (exact) mass is 306 g/mol. The summed E-state index contributed by atoms with van der Waals surface area (Å²) in [6, 6.07) is 6.88. The number of para-hydroxylation sites is 2. The van der Waals surface area contributed by atoms with Crippen molar-refractivity contribution in [3.63, 3.8) is 0 Å². The molecule has 22 heavy (non-hydrogen) atoms. The minimum atomic E-state index is -0.547. The van der Waals surface area contributed by atoms with E-state index in [4.69, 9.17) is 9.47 Å². The van der Waals surface area contributed by atoms with E-state index in [1.165, 1.54) is 6.92 Å². The van der Waals surface area contributed by atoms with Gasteiger partial charge in [0.2, 0.25) is 11.8 Å². The molecule has 0 aliphatic carbocycles. The van der Waals surface area contributed by atoms with Crippen LogP contribution in [0.1, 0.15) is 20.8 Å². The number of hydrogen-bond donors (Lipinski definition) is 2. The van der Waals surface area contributed by atoms with Crippen LogP contribution >= 0.6 is 0 Å². The molecule has 6 heteroatoms. The van der Waals surface area contributed by atoms with E-state index in [9.17, 15) is 9.59 Å². The summed E-state index contributed by atoms with van der Waals surface area (Å²) in [6.07, 6.45) is -0.246. The van der Waals surface area contributed by atoms with Crippen LogP contribution in [0, 0.1) is 5.92 Å². The molecule has 0 spiro atoms. The maximum Gasteiger partial charge on any atom is 0.242 e. The van der Waals surface area contributed by atoms with Crippen LogP contribution in [0.15, 0.2) is 24.3 Å². The summed E-state index contributed by atoms with van der Waals surface area (Å²) in [5, 5.41) is 5.47. The molecule has 120 valence electrons. The molecule has 0 fully saturated rings. The molecule has 1 aliphatic heterocycles. The summed E-state index contributed by atoms with van der Waals surface area (Å²) in [7, 11) is 0. The van der Waals surface area contributed by atoms with E-state index in [0.717, 1.165) is 0 Å². The summed E-state index contributed by atoms with van der Waals surface area (Å²) >= 11 is 0. The summed E-state index contributed by atoms with van der Waals surface area (Å²) < 4.78 is 11.4. The van der Waals surface area contributed by atoms with Crippen molar-refractivity contribution in [3.8, 4) is 11.5 Å². The minimum Gasteiger partial charge on any atom is -0.486 e. The zero-order valence-electron chi connectivity index (χ0n) is 13.1. The summed E-state index contributed by atoms with van der Waals surface area (Å²) in [5.74, 6) is 0.958. The molecular formula is C16H22N2O4. The van der Waals surface area contributed by atoms with Crippen LogP contribution in [0.3, 0.4) is 0 Å². The highest BCUT2D eigenvalue weighted by atomic mass is 16.6. The third-order valence-corrected chi connectivity index (χ3v) is 3.38. The van der Waals surface area contributed by atoms with Gasteiger partial charge < -0.3 is 20.1 Å². The smallest absolute Gasteiger partial charge is 0.242 e. The number of carbonyl (C=O) groups excluding carboxylic acids is 2. The molecule has 0 bridgehead atoms. The van der Waals surface area contributed by atoms with Gasteiger partial charge in [0.1, 0.15) is 18.8 Å². The lowest BCUT2D eigenvalue weighted by atomic mass is 10.0. The summed E-state index contributed by atoms with van der Waals surface area (Å²) in [4.78, 5) is 23.4. The average Bonchev–Trinajstić information content (AvgIpc) is 2.49. The highest BCUT2D eigenvalue weighted by Crippen LogP contribution is 2.30. The van der Waals surface area contributed by atoms with E-state index in [2.05, 4.69) is 10.6 Å². The fourth-order valence-electron chi connectivity index (χ4n) is 2.24. The fourth-order valence-corrected chi connectivity index (χ4v) is 2.24. The zero-order valence-corrected chi connectivity index (χ0v) is 13.1. The van der Waals surface area contributed by atoms with Crippen LogP contribution < -0.4 is 20.1 Å². The number of fused-ring (bicyclic) bond motifs is 1. The molecule has 2 atom stereocenters. The Balaban J connectivity index is 1.87. The Hall–Kier alpha value is -2.24. The van der Waals surface area contributed by atoms with Gasteiger partial charge in [0.15, 0.2) is 11.5 Å². The van der Waals surface area contributed by atoms with E-state index in [-0.39, 0.29) is 23.8 Å². The number of ether oxygens (including phenoxy) is 2. The number of hydrogen-bond acceptors (Lipinski definition) is 4. The predicted molar refractivity (Wildman–Crippen MR) is 81.8 cm³/mol. The largest absolute Gasteiger partial charge is 0.486 e. The number of amides is 2. The van der Waals surface area contributed by atoms with Gasteiger partial charge >= 0.3 is 0 Å². The van der Waals surface area contributed by atoms with Gasteiger partial charge in [-0.1, -0.05) is 26.0 Å². The van der Waals surface area contributed by atoms with E-state index in [1.54, 1.807) is 0 Å². The second-order valence-corrected chi connectivity index (χ2v) is 5.66. The van der Waals surface area contributed by atoms with Crippen LogP contribution in [0.5, 0.6) is 11.5 Å². The lowest BCUT2D eigenvalue weighted by Crippen LogP contribution is -2.51. The molecular weight excluding hydrogens is 284 g/mol. The standard InChI is InChI=1S/C16H22N2O4/c1-10(2)15(18-11(3)19)16(20)17-8-12-9-21-13-6-4-5-7-14(13)22-12/h4-7,10,12,15H,8-9H2,1-3H3,(H,17,20)(H,18,19)/t12-,15-/m1/s1. The quantitative estimate of drug-likeness (QED) is 0.854. The van der Waals surface area contributed by atoms with E-state index in [0.29, 0.717) is 24.7 Å². The lowest BCUT2D eigenvalue weighted by molar-refractivity contribution is -0.129. The van der Waals surface area contributed by atoms with Gasteiger partial charge in [-0.05, 0) is 18.1 Å². The van der Waals surface area contributed by atoms with Crippen molar-refractivity contribution in [2.24, 2.45) is 5.92 Å². The Morgan fingerprint density at radius 3 is 2.59 bits per heavy atom. The first-order valence-electron chi connectivity index (χ1n) is 7.40. The molecule has 0 radical (unpaired) electrons. The van der Waals surface area contributed by atoms with Crippen molar-refractivity contribution in [1.29, 1.82) is 0 Å². The van der Waals surface area contributed by atoms with Crippen molar-refractivity contribution < 1.29 is 19.1 Å². The first-order chi connectivity index (χ1) is 10.5. The third kappa shape index (κ3) is 4.13. The van der Waals surface area contributed by atoms with Gasteiger partial charge in [-0.2, -0.15) is 0 Å². The molecule has 1 aliphatic rings. The lowest BCUT2D eigenvalue weighted by Gasteiger charge is -2.27. The van der Waals surface area contributed by atoms with Crippen LogP contribution in [0.2, 0.25) is 0 Å². The molecule has 0 saturated carbocycles. The molecule has 1 aromatic carbocycles. The van der Waals surface area contributed by atoms with E-state index < -0.39 is 6.04 Å². The van der Waals surface area contributed by atoms with Crippen LogP contribution in [0.4, 0.5) is 0 Å². The first kappa shape index (κ1) is 16.1. The molecule has 0 unspecified atom stereocenters. The number of nitrogens with one attached hydrogen (secondary N) is 2. The van der Waals surface area contributed by atoms with Crippen LogP contribution in [-0.2, 0) is 9.59 Å². The SMILES string of the molecule is CC(=O)N[C@@H](C(=O)NC[C@@H]1COc2ccccc2O1)C(C)C. The number of rotatable bonds is 5. The second kappa shape index (κ2) is 7.15. The van der Waals surface area contributed by atoms with Crippen molar-refractivity contribution >= 4 is 11.8 Å². The zero-order chi connectivity index (χ0) is 16.1.